The highest BCUT2D eigenvalue weighted by Crippen LogP contribution is 2.26. The number of hydrogen-bond donors (Lipinski definition) is 1. The lowest BCUT2D eigenvalue weighted by Crippen LogP contribution is -2.79. The van der Waals surface area contributed by atoms with Gasteiger partial charge in [0.15, 0.2) is 0 Å². The molecule has 0 aliphatic carbocycles. The van der Waals surface area contributed by atoms with Crippen LogP contribution in [0.4, 0.5) is 0 Å². The van der Waals surface area contributed by atoms with Gasteiger partial charge in [0, 0.05) is 13.2 Å². The number of nitrogens with two attached hydrogens (primary N) is 1. The van der Waals surface area contributed by atoms with Crippen molar-refractivity contribution in [2.45, 2.75) is 19.3 Å². The average Bonchev–Trinajstić information content (AvgIpc) is 2.75. The molecular formula is C17H22NO+. The molecule has 0 bridgehead atoms. The zero-order valence-electron chi connectivity index (χ0n) is 29.5. The fourth-order valence-electron chi connectivity index (χ4n) is 1.08. The molecule has 0 aromatic heterocycles. The highest BCUT2D eigenvalue weighted by atomic mass is 16.5. The van der Waals surface area contributed by atoms with Crippen molar-refractivity contribution in [3.8, 4) is 5.75 Å². The lowest BCUT2D eigenvalue weighted by molar-refractivity contribution is -0.628. The summed E-state index contributed by atoms with van der Waals surface area (Å²) in [5.41, 5.74) is -2.65. The van der Waals surface area contributed by atoms with E-state index in [0.29, 0.717) is 0 Å². The third-order valence-electron chi connectivity index (χ3n) is 1.84. The van der Waals surface area contributed by atoms with E-state index in [1.165, 1.54) is 0 Å². The van der Waals surface area contributed by atoms with E-state index in [4.69, 9.17) is 32.2 Å². The van der Waals surface area contributed by atoms with Crippen LogP contribution in [0, 0.1) is 6.85 Å². The SMILES string of the molecule is [2H]c1c([2H])c([2H])c([C@]([2H])(Oc2c([2H])c([2H])c([2H])c([2H])c2C([2H])([2H])[2H])C([2H])([2H])C([2H])([2H])[NH2+]C([2H])([2H])[2H])c([2H])c1[2H]. The maximum atomic E-state index is 8.96. The number of rotatable bonds is 6. The minimum absolute atomic E-state index is 0.132. The third-order valence-corrected chi connectivity index (χ3v) is 1.84. The van der Waals surface area contributed by atoms with E-state index in [9.17, 15) is 0 Å². The molecule has 0 amide bonds. The second-order valence-corrected chi connectivity index (χ2v) is 3.05. The van der Waals surface area contributed by atoms with E-state index in [1.54, 1.807) is 0 Å². The first-order valence-electron chi connectivity index (χ1n) is 15.0. The summed E-state index contributed by atoms with van der Waals surface area (Å²) in [5.74, 6) is -1.39. The van der Waals surface area contributed by atoms with Crippen LogP contribution in [0.5, 0.6) is 5.75 Å². The van der Waals surface area contributed by atoms with Gasteiger partial charge in [0.2, 0.25) is 0 Å². The summed E-state index contributed by atoms with van der Waals surface area (Å²) in [5, 5.41) is -0.132. The van der Waals surface area contributed by atoms with Crippen molar-refractivity contribution in [3.63, 3.8) is 0 Å². The standard InChI is InChI=1S/C17H21NO/c1-14-8-6-7-11-16(14)19-17(12-13-18-2)15-9-4-3-5-10-15/h3-11,17-18H,12-13H2,1-2H3/p+1/t17-/m1/s1/i1D3,2D3,3D,4D,5D,6D,7D,8D,9D,10D,11D,12D2,13D2,17D. The van der Waals surface area contributed by atoms with E-state index in [-0.39, 0.29) is 5.32 Å². The smallest absolute Gasteiger partial charge is 0.129 e. The summed E-state index contributed by atoms with van der Waals surface area (Å²) in [6, 6.07) is -10.5. The van der Waals surface area contributed by atoms with Crippen molar-refractivity contribution in [3.05, 3.63) is 65.5 Å². The molecule has 0 saturated heterocycles. The molecule has 19 heavy (non-hydrogen) atoms. The molecule has 0 fully saturated rings. The van der Waals surface area contributed by atoms with Gasteiger partial charge in [-0.3, -0.25) is 0 Å². The Morgan fingerprint density at radius 1 is 1.26 bits per heavy atom. The molecule has 2 N–H and O–H groups in total. The van der Waals surface area contributed by atoms with Gasteiger partial charge < -0.3 is 10.1 Å². The van der Waals surface area contributed by atoms with Gasteiger partial charge in [0.05, 0.1) is 34.0 Å². The van der Waals surface area contributed by atoms with Gasteiger partial charge in [-0.1, -0.05) is 48.3 Å². The number of quaternary nitrogens is 1. The van der Waals surface area contributed by atoms with Gasteiger partial charge in [-0.15, -0.1) is 0 Å². The molecule has 0 unspecified atom stereocenters. The van der Waals surface area contributed by atoms with Gasteiger partial charge >= 0.3 is 0 Å². The summed E-state index contributed by atoms with van der Waals surface area (Å²) < 4.78 is 165. The van der Waals surface area contributed by atoms with Crippen LogP contribution in [0.2, 0.25) is 0 Å². The fourth-order valence-corrected chi connectivity index (χ4v) is 1.08. The molecule has 0 saturated carbocycles. The highest BCUT2D eigenvalue weighted by Gasteiger charge is 2.14. The zero-order valence-corrected chi connectivity index (χ0v) is 9.49. The first-order chi connectivity index (χ1) is 17.2. The summed E-state index contributed by atoms with van der Waals surface area (Å²) >= 11 is 0. The van der Waals surface area contributed by atoms with E-state index < -0.39 is 104 Å². The van der Waals surface area contributed by atoms with Crippen LogP contribution in [0.3, 0.4) is 0 Å². The van der Waals surface area contributed by atoms with Crippen LogP contribution in [-0.2, 0) is 0 Å². The number of benzene rings is 2. The topological polar surface area (TPSA) is 25.8 Å². The number of para-hydroxylation sites is 1. The second kappa shape index (κ2) is 6.95. The summed E-state index contributed by atoms with van der Waals surface area (Å²) in [4.78, 5) is 0. The summed E-state index contributed by atoms with van der Waals surface area (Å²) in [6.45, 7) is -10.4. The molecule has 2 nitrogen and oxygen atoms in total. The third kappa shape index (κ3) is 3.83. The van der Waals surface area contributed by atoms with Gasteiger partial charge in [-0.2, -0.15) is 0 Å². The van der Waals surface area contributed by atoms with Crippen molar-refractivity contribution in [1.29, 1.82) is 0 Å². The van der Waals surface area contributed by atoms with E-state index in [0.717, 1.165) is 0 Å². The van der Waals surface area contributed by atoms with Crippen LogP contribution >= 0.6 is 0 Å². The Hall–Kier alpha value is -1.80. The van der Waals surface area contributed by atoms with Crippen molar-refractivity contribution in [1.82, 2.24) is 0 Å². The maximum absolute atomic E-state index is 8.96. The Morgan fingerprint density at radius 2 is 2.05 bits per heavy atom. The first-order valence-corrected chi connectivity index (χ1v) is 4.99. The minimum Gasteiger partial charge on any atom is -0.485 e. The lowest BCUT2D eigenvalue weighted by atomic mass is 10.1. The lowest BCUT2D eigenvalue weighted by Gasteiger charge is -2.20. The van der Waals surface area contributed by atoms with Crippen LogP contribution < -0.4 is 10.1 Å². The van der Waals surface area contributed by atoms with Gasteiger partial charge in [0.25, 0.3) is 0 Å². The average molecular weight is 276 g/mol. The van der Waals surface area contributed by atoms with Gasteiger partial charge in [-0.05, 0) is 24.0 Å². The van der Waals surface area contributed by atoms with Crippen molar-refractivity contribution in [2.24, 2.45) is 0 Å². The summed E-state index contributed by atoms with van der Waals surface area (Å²) in [7, 11) is 0. The number of hydrogen-bond acceptors (Lipinski definition) is 1. The molecular weight excluding hydrogens is 234 g/mol. The van der Waals surface area contributed by atoms with Crippen molar-refractivity contribution >= 4 is 0 Å². The van der Waals surface area contributed by atoms with Gasteiger partial charge in [0.1, 0.15) is 11.8 Å². The fraction of sp³-hybridized carbons (Fsp3) is 0.294. The van der Waals surface area contributed by atoms with Crippen molar-refractivity contribution in [2.75, 3.05) is 13.5 Å². The summed E-state index contributed by atoms with van der Waals surface area (Å²) in [6.07, 6.45) is -7.96. The molecule has 2 rings (SSSR count). The Morgan fingerprint density at radius 3 is 2.84 bits per heavy atom. The van der Waals surface area contributed by atoms with Crippen LogP contribution in [0.25, 0.3) is 0 Å². The maximum Gasteiger partial charge on any atom is 0.129 e. The van der Waals surface area contributed by atoms with E-state index >= 15 is 0 Å². The van der Waals surface area contributed by atoms with Crippen LogP contribution in [0.1, 0.15) is 51.0 Å². The quantitative estimate of drug-likeness (QED) is 0.862. The van der Waals surface area contributed by atoms with Crippen LogP contribution in [-0.4, -0.2) is 13.5 Å². The molecule has 2 heteroatoms. The molecule has 1 atom stereocenters. The monoisotopic (exact) mass is 276 g/mol. The predicted octanol–water partition coefficient (Wildman–Crippen LogP) is 2.70. The van der Waals surface area contributed by atoms with Crippen LogP contribution in [0.15, 0.2) is 54.4 Å². The Labute approximate surface area is 143 Å². The molecule has 0 aliphatic heterocycles. The largest absolute Gasteiger partial charge is 0.485 e. The molecule has 0 radical (unpaired) electrons. The Kier molecular flexibility index (Phi) is 1.13. The Bertz CT molecular complexity index is 1270. The predicted molar refractivity (Wildman–Crippen MR) is 78.3 cm³/mol. The van der Waals surface area contributed by atoms with E-state index in [2.05, 4.69) is 0 Å². The van der Waals surface area contributed by atoms with E-state index in [1.807, 2.05) is 0 Å². The Balaban J connectivity index is 3.17. The van der Waals surface area contributed by atoms with Gasteiger partial charge in [-0.25, -0.2) is 0 Å². The molecule has 2 aromatic carbocycles. The molecule has 2 aromatic rings. The molecule has 100 valence electrons. The molecule has 0 heterocycles. The second-order valence-electron chi connectivity index (χ2n) is 3.05. The zero-order chi connectivity index (χ0) is 30.8. The molecule has 0 aliphatic rings. The first kappa shape index (κ1) is 3.09. The highest BCUT2D eigenvalue weighted by molar-refractivity contribution is 5.32. The normalized spacial score (nSPS) is 31.8. The number of ether oxygens (including phenoxy) is 1. The minimum atomic E-state index is -4.02. The van der Waals surface area contributed by atoms with Crippen molar-refractivity contribution < 1.29 is 37.5 Å². The molecule has 0 spiro atoms.